The van der Waals surface area contributed by atoms with E-state index in [4.69, 9.17) is 4.74 Å². The topological polar surface area (TPSA) is 72.5 Å². The molecule has 124 valence electrons. The molecule has 0 bridgehead atoms. The fourth-order valence-electron chi connectivity index (χ4n) is 2.52. The molecule has 1 atom stereocenters. The van der Waals surface area contributed by atoms with Crippen LogP contribution in [0.15, 0.2) is 11.4 Å². The molecule has 0 aromatic carbocycles. The first-order chi connectivity index (χ1) is 10.2. The number of ether oxygens (including phenoxy) is 1. The Morgan fingerprint density at radius 2 is 2.23 bits per heavy atom. The van der Waals surface area contributed by atoms with Gasteiger partial charge >= 0.3 is 0 Å². The number of sulfonamides is 1. The third-order valence-electron chi connectivity index (χ3n) is 4.15. The molecule has 0 fully saturated rings. The van der Waals surface area contributed by atoms with Gasteiger partial charge in [0.2, 0.25) is 15.9 Å². The molecule has 5 nitrogen and oxygen atoms in total. The number of fused-ring (bicyclic) bond motifs is 1. The molecule has 1 aliphatic carbocycles. The van der Waals surface area contributed by atoms with Crippen molar-refractivity contribution < 1.29 is 17.9 Å². The van der Waals surface area contributed by atoms with Crippen LogP contribution in [0.3, 0.4) is 0 Å². The molecule has 2 rings (SSSR count). The summed E-state index contributed by atoms with van der Waals surface area (Å²) >= 11 is 1.64. The van der Waals surface area contributed by atoms with E-state index in [2.05, 4.69) is 4.72 Å². The predicted octanol–water partition coefficient (Wildman–Crippen LogP) is 2.43. The lowest BCUT2D eigenvalue weighted by molar-refractivity contribution is -0.121. The SMILES string of the molecule is COC(C)(C)CCS(=O)(=O)NC(=O)C1CCCc2sccc21. The molecule has 22 heavy (non-hydrogen) atoms. The highest BCUT2D eigenvalue weighted by atomic mass is 32.2. The molecule has 1 unspecified atom stereocenters. The highest BCUT2D eigenvalue weighted by molar-refractivity contribution is 7.90. The smallest absolute Gasteiger partial charge is 0.241 e. The number of rotatable bonds is 6. The van der Waals surface area contributed by atoms with Crippen LogP contribution in [0.25, 0.3) is 0 Å². The van der Waals surface area contributed by atoms with Gasteiger partial charge in [0.05, 0.1) is 17.3 Å². The summed E-state index contributed by atoms with van der Waals surface area (Å²) in [6.45, 7) is 3.65. The van der Waals surface area contributed by atoms with Crippen LogP contribution in [0.2, 0.25) is 0 Å². The second-order valence-electron chi connectivity index (χ2n) is 6.24. The van der Waals surface area contributed by atoms with Crippen molar-refractivity contribution in [2.75, 3.05) is 12.9 Å². The molecule has 0 radical (unpaired) electrons. The zero-order valence-electron chi connectivity index (χ0n) is 13.2. The quantitative estimate of drug-likeness (QED) is 0.859. The molecule has 1 amide bonds. The van der Waals surface area contributed by atoms with Gasteiger partial charge in [-0.05, 0) is 56.5 Å². The van der Waals surface area contributed by atoms with Gasteiger partial charge < -0.3 is 4.74 Å². The van der Waals surface area contributed by atoms with E-state index >= 15 is 0 Å². The Morgan fingerprint density at radius 1 is 1.50 bits per heavy atom. The molecule has 1 heterocycles. The van der Waals surface area contributed by atoms with Crippen molar-refractivity contribution in [2.45, 2.75) is 51.0 Å². The average molecular weight is 345 g/mol. The fourth-order valence-corrected chi connectivity index (χ4v) is 4.82. The highest BCUT2D eigenvalue weighted by Gasteiger charge is 2.30. The average Bonchev–Trinajstić information content (AvgIpc) is 2.93. The third-order valence-corrected chi connectivity index (χ3v) is 6.40. The summed E-state index contributed by atoms with van der Waals surface area (Å²) in [4.78, 5) is 13.6. The van der Waals surface area contributed by atoms with E-state index in [1.54, 1.807) is 18.4 Å². The maximum Gasteiger partial charge on any atom is 0.241 e. The van der Waals surface area contributed by atoms with Crippen LogP contribution in [0.4, 0.5) is 0 Å². The van der Waals surface area contributed by atoms with Gasteiger partial charge in [0.1, 0.15) is 0 Å². The highest BCUT2D eigenvalue weighted by Crippen LogP contribution is 2.35. The van der Waals surface area contributed by atoms with E-state index in [-0.39, 0.29) is 11.7 Å². The number of hydrogen-bond donors (Lipinski definition) is 1. The Balaban J connectivity index is 2.00. The van der Waals surface area contributed by atoms with Crippen molar-refractivity contribution >= 4 is 27.3 Å². The van der Waals surface area contributed by atoms with Gasteiger partial charge in [-0.15, -0.1) is 11.3 Å². The van der Waals surface area contributed by atoms with Gasteiger partial charge in [0, 0.05) is 12.0 Å². The maximum atomic E-state index is 12.4. The summed E-state index contributed by atoms with van der Waals surface area (Å²) < 4.78 is 31.7. The summed E-state index contributed by atoms with van der Waals surface area (Å²) in [5.74, 6) is -0.877. The molecule has 0 saturated heterocycles. The molecule has 1 N–H and O–H groups in total. The Hall–Kier alpha value is -0.920. The standard InChI is InChI=1S/C15H23NO4S2/c1-15(2,20-3)8-10-22(18,19)16-14(17)12-5-4-6-13-11(12)7-9-21-13/h7,9,12H,4-6,8,10H2,1-3H3,(H,16,17). The van der Waals surface area contributed by atoms with Gasteiger partial charge in [-0.3, -0.25) is 9.52 Å². The first-order valence-corrected chi connectivity index (χ1v) is 9.93. The van der Waals surface area contributed by atoms with Gasteiger partial charge in [0.25, 0.3) is 0 Å². The molecule has 7 heteroatoms. The third kappa shape index (κ3) is 4.30. The molecule has 1 aliphatic rings. The number of methoxy groups -OCH3 is 1. The van der Waals surface area contributed by atoms with E-state index in [9.17, 15) is 13.2 Å². The molecule has 1 aromatic heterocycles. The lowest BCUT2D eigenvalue weighted by atomic mass is 9.87. The molecular weight excluding hydrogens is 322 g/mol. The largest absolute Gasteiger partial charge is 0.379 e. The van der Waals surface area contributed by atoms with E-state index in [0.717, 1.165) is 18.4 Å². The Morgan fingerprint density at radius 3 is 2.91 bits per heavy atom. The number of thiophene rings is 1. The summed E-state index contributed by atoms with van der Waals surface area (Å²) in [5, 5.41) is 1.96. The zero-order valence-corrected chi connectivity index (χ0v) is 14.9. The number of nitrogens with one attached hydrogen (secondary N) is 1. The lowest BCUT2D eigenvalue weighted by Gasteiger charge is -2.24. The van der Waals surface area contributed by atoms with Gasteiger partial charge in [-0.1, -0.05) is 0 Å². The summed E-state index contributed by atoms with van der Waals surface area (Å²) in [6, 6.07) is 1.93. The second kappa shape index (κ2) is 6.68. The van der Waals surface area contributed by atoms with E-state index in [0.29, 0.717) is 12.8 Å². The number of carbonyl (C=O) groups is 1. The van der Waals surface area contributed by atoms with Crippen LogP contribution < -0.4 is 4.72 Å². The minimum atomic E-state index is -3.64. The molecule has 0 aliphatic heterocycles. The lowest BCUT2D eigenvalue weighted by Crippen LogP contribution is -2.38. The minimum Gasteiger partial charge on any atom is -0.379 e. The number of amides is 1. The zero-order chi connectivity index (χ0) is 16.4. The van der Waals surface area contributed by atoms with E-state index in [1.807, 2.05) is 25.3 Å². The van der Waals surface area contributed by atoms with Crippen LogP contribution >= 0.6 is 11.3 Å². The van der Waals surface area contributed by atoms with Gasteiger partial charge in [-0.25, -0.2) is 8.42 Å². The maximum absolute atomic E-state index is 12.4. The molecule has 0 spiro atoms. The Kier molecular flexibility index (Phi) is 5.29. The minimum absolute atomic E-state index is 0.122. The van der Waals surface area contributed by atoms with Crippen LogP contribution in [0.1, 0.15) is 49.5 Å². The number of aryl methyl sites for hydroxylation is 1. The first-order valence-electron chi connectivity index (χ1n) is 7.40. The van der Waals surface area contributed by atoms with Crippen LogP contribution in [0, 0.1) is 0 Å². The van der Waals surface area contributed by atoms with Crippen molar-refractivity contribution in [3.05, 3.63) is 21.9 Å². The summed E-state index contributed by atoms with van der Waals surface area (Å²) in [6.07, 6.45) is 2.93. The van der Waals surface area contributed by atoms with Gasteiger partial charge in [-0.2, -0.15) is 0 Å². The van der Waals surface area contributed by atoms with Crippen molar-refractivity contribution in [2.24, 2.45) is 0 Å². The van der Waals surface area contributed by atoms with E-state index in [1.165, 1.54) is 4.88 Å². The predicted molar refractivity (Wildman–Crippen MR) is 87.6 cm³/mol. The second-order valence-corrected chi connectivity index (χ2v) is 9.09. The van der Waals surface area contributed by atoms with Crippen molar-refractivity contribution in [3.8, 4) is 0 Å². The summed E-state index contributed by atoms with van der Waals surface area (Å²) in [7, 11) is -2.09. The Bertz CT molecular complexity index is 634. The number of hydrogen-bond acceptors (Lipinski definition) is 5. The fraction of sp³-hybridized carbons (Fsp3) is 0.667. The first kappa shape index (κ1) is 17.4. The Labute approximate surface area is 136 Å². The number of carbonyl (C=O) groups excluding carboxylic acids is 1. The van der Waals surface area contributed by atoms with Crippen molar-refractivity contribution in [3.63, 3.8) is 0 Å². The van der Waals surface area contributed by atoms with Crippen LogP contribution in [-0.2, 0) is 26.0 Å². The summed E-state index contributed by atoms with van der Waals surface area (Å²) in [5.41, 5.74) is 0.463. The van der Waals surface area contributed by atoms with Crippen molar-refractivity contribution in [1.82, 2.24) is 4.72 Å². The van der Waals surface area contributed by atoms with E-state index < -0.39 is 21.5 Å². The van der Waals surface area contributed by atoms with Gasteiger partial charge in [0.15, 0.2) is 0 Å². The monoisotopic (exact) mass is 345 g/mol. The van der Waals surface area contributed by atoms with Crippen molar-refractivity contribution in [1.29, 1.82) is 0 Å². The van der Waals surface area contributed by atoms with Crippen LogP contribution in [0.5, 0.6) is 0 Å². The van der Waals surface area contributed by atoms with Crippen LogP contribution in [-0.4, -0.2) is 32.8 Å². The molecule has 0 saturated carbocycles. The normalized spacial score (nSPS) is 18.8. The molecule has 1 aromatic rings. The molecular formula is C15H23NO4S2.